The summed E-state index contributed by atoms with van der Waals surface area (Å²) in [5, 5.41) is 2.95. The maximum absolute atomic E-state index is 12.2. The quantitative estimate of drug-likeness (QED) is 0.704. The van der Waals surface area contributed by atoms with Crippen molar-refractivity contribution in [1.82, 2.24) is 10.2 Å². The predicted molar refractivity (Wildman–Crippen MR) is 89.0 cm³/mol. The lowest BCUT2D eigenvalue weighted by Crippen LogP contribution is -2.34. The average Bonchev–Trinajstić information content (AvgIpc) is 2.94. The van der Waals surface area contributed by atoms with Gasteiger partial charge in [-0.05, 0) is 25.3 Å². The summed E-state index contributed by atoms with van der Waals surface area (Å²) in [6, 6.07) is 10.1. The Balaban J connectivity index is 1.68. The summed E-state index contributed by atoms with van der Waals surface area (Å²) in [6.45, 7) is 5.12. The molecule has 0 spiro atoms. The highest BCUT2D eigenvalue weighted by Crippen LogP contribution is 2.18. The first-order chi connectivity index (χ1) is 11.2. The number of rotatable bonds is 9. The van der Waals surface area contributed by atoms with Crippen LogP contribution in [0.1, 0.15) is 25.3 Å². The summed E-state index contributed by atoms with van der Waals surface area (Å²) in [7, 11) is 0. The fraction of sp³-hybridized carbons (Fsp3) is 0.556. The number of nitrogens with one attached hydrogen (secondary N) is 1. The molecule has 1 atom stereocenters. The van der Waals surface area contributed by atoms with Crippen LogP contribution in [-0.4, -0.2) is 49.6 Å². The van der Waals surface area contributed by atoms with E-state index in [2.05, 4.69) is 5.32 Å². The summed E-state index contributed by atoms with van der Waals surface area (Å²) in [4.78, 5) is 25.9. The SMILES string of the molecule is CCOCCCN1C[C@@H](C(=O)NCCc2ccccc2)CC1=O. The largest absolute Gasteiger partial charge is 0.382 e. The van der Waals surface area contributed by atoms with Crippen LogP contribution >= 0.6 is 0 Å². The number of benzene rings is 1. The first-order valence-corrected chi connectivity index (χ1v) is 8.38. The Morgan fingerprint density at radius 3 is 2.87 bits per heavy atom. The number of likely N-dealkylation sites (tertiary alicyclic amines) is 1. The van der Waals surface area contributed by atoms with Crippen LogP contribution in [0.15, 0.2) is 30.3 Å². The van der Waals surface area contributed by atoms with Gasteiger partial charge in [-0.1, -0.05) is 30.3 Å². The third kappa shape index (κ3) is 5.67. The molecule has 23 heavy (non-hydrogen) atoms. The zero-order chi connectivity index (χ0) is 16.5. The molecule has 0 aliphatic carbocycles. The lowest BCUT2D eigenvalue weighted by Gasteiger charge is -2.16. The van der Waals surface area contributed by atoms with Crippen LogP contribution in [0, 0.1) is 5.92 Å². The van der Waals surface area contributed by atoms with Crippen molar-refractivity contribution in [3.05, 3.63) is 35.9 Å². The number of hydrogen-bond acceptors (Lipinski definition) is 3. The Morgan fingerprint density at radius 1 is 1.35 bits per heavy atom. The molecule has 0 unspecified atom stereocenters. The van der Waals surface area contributed by atoms with Crippen LogP contribution < -0.4 is 5.32 Å². The summed E-state index contributed by atoms with van der Waals surface area (Å²) < 4.78 is 5.28. The minimum atomic E-state index is -0.217. The van der Waals surface area contributed by atoms with Gasteiger partial charge in [0.15, 0.2) is 0 Å². The molecular formula is C18H26N2O3. The minimum absolute atomic E-state index is 0.0124. The minimum Gasteiger partial charge on any atom is -0.382 e. The maximum atomic E-state index is 12.2. The zero-order valence-corrected chi connectivity index (χ0v) is 13.8. The fourth-order valence-corrected chi connectivity index (χ4v) is 2.78. The lowest BCUT2D eigenvalue weighted by molar-refractivity contribution is -0.129. The van der Waals surface area contributed by atoms with Gasteiger partial charge in [-0.3, -0.25) is 9.59 Å². The molecule has 0 radical (unpaired) electrons. The first-order valence-electron chi connectivity index (χ1n) is 8.38. The van der Waals surface area contributed by atoms with Crippen molar-refractivity contribution in [2.24, 2.45) is 5.92 Å². The van der Waals surface area contributed by atoms with Crippen molar-refractivity contribution < 1.29 is 14.3 Å². The maximum Gasteiger partial charge on any atom is 0.225 e. The lowest BCUT2D eigenvalue weighted by atomic mass is 10.1. The molecule has 1 aliphatic rings. The molecule has 0 aromatic heterocycles. The number of carbonyl (C=O) groups excluding carboxylic acids is 2. The Morgan fingerprint density at radius 2 is 2.13 bits per heavy atom. The van der Waals surface area contributed by atoms with E-state index in [1.54, 1.807) is 4.90 Å². The summed E-state index contributed by atoms with van der Waals surface area (Å²) >= 11 is 0. The predicted octanol–water partition coefficient (Wildman–Crippen LogP) is 1.62. The van der Waals surface area contributed by atoms with Crippen molar-refractivity contribution in [3.63, 3.8) is 0 Å². The fourth-order valence-electron chi connectivity index (χ4n) is 2.78. The van der Waals surface area contributed by atoms with Crippen LogP contribution in [0.2, 0.25) is 0 Å². The molecule has 1 fully saturated rings. The smallest absolute Gasteiger partial charge is 0.225 e. The number of ether oxygens (including phenoxy) is 1. The van der Waals surface area contributed by atoms with E-state index in [-0.39, 0.29) is 17.7 Å². The van der Waals surface area contributed by atoms with E-state index in [9.17, 15) is 9.59 Å². The van der Waals surface area contributed by atoms with Gasteiger partial charge in [-0.2, -0.15) is 0 Å². The van der Waals surface area contributed by atoms with Gasteiger partial charge in [-0.25, -0.2) is 0 Å². The number of amides is 2. The highest BCUT2D eigenvalue weighted by Gasteiger charge is 2.33. The molecule has 2 rings (SSSR count). The second kappa shape index (κ2) is 9.30. The molecule has 5 heteroatoms. The normalized spacial score (nSPS) is 17.5. The summed E-state index contributed by atoms with van der Waals surface area (Å²) in [5.74, 6) is -0.156. The van der Waals surface area contributed by atoms with E-state index in [1.165, 1.54) is 5.56 Å². The third-order valence-corrected chi connectivity index (χ3v) is 4.06. The van der Waals surface area contributed by atoms with E-state index >= 15 is 0 Å². The van der Waals surface area contributed by atoms with E-state index in [0.717, 1.165) is 12.8 Å². The van der Waals surface area contributed by atoms with Crippen LogP contribution in [-0.2, 0) is 20.7 Å². The summed E-state index contributed by atoms with van der Waals surface area (Å²) in [5.41, 5.74) is 1.20. The molecule has 1 aromatic carbocycles. The molecule has 0 bridgehead atoms. The number of hydrogen-bond donors (Lipinski definition) is 1. The molecule has 1 aromatic rings. The van der Waals surface area contributed by atoms with Gasteiger partial charge < -0.3 is 15.0 Å². The Hall–Kier alpha value is -1.88. The highest BCUT2D eigenvalue weighted by atomic mass is 16.5. The summed E-state index contributed by atoms with van der Waals surface area (Å²) in [6.07, 6.45) is 1.96. The zero-order valence-electron chi connectivity index (χ0n) is 13.8. The molecule has 0 saturated carbocycles. The van der Waals surface area contributed by atoms with E-state index in [0.29, 0.717) is 39.3 Å². The molecule has 2 amide bonds. The van der Waals surface area contributed by atoms with Gasteiger partial charge in [0.05, 0.1) is 5.92 Å². The second-order valence-electron chi connectivity index (χ2n) is 5.82. The van der Waals surface area contributed by atoms with Crippen LogP contribution in [0.4, 0.5) is 0 Å². The van der Waals surface area contributed by atoms with Crippen LogP contribution in [0.25, 0.3) is 0 Å². The topological polar surface area (TPSA) is 58.6 Å². The van der Waals surface area contributed by atoms with Crippen LogP contribution in [0.5, 0.6) is 0 Å². The molecule has 5 nitrogen and oxygen atoms in total. The van der Waals surface area contributed by atoms with Crippen molar-refractivity contribution in [3.8, 4) is 0 Å². The van der Waals surface area contributed by atoms with Gasteiger partial charge in [0.25, 0.3) is 0 Å². The van der Waals surface area contributed by atoms with Gasteiger partial charge in [-0.15, -0.1) is 0 Å². The van der Waals surface area contributed by atoms with Gasteiger partial charge >= 0.3 is 0 Å². The van der Waals surface area contributed by atoms with Crippen molar-refractivity contribution in [2.45, 2.75) is 26.2 Å². The van der Waals surface area contributed by atoms with Crippen molar-refractivity contribution in [1.29, 1.82) is 0 Å². The van der Waals surface area contributed by atoms with E-state index in [4.69, 9.17) is 4.74 Å². The molecule has 126 valence electrons. The van der Waals surface area contributed by atoms with E-state index in [1.807, 2.05) is 37.3 Å². The average molecular weight is 318 g/mol. The second-order valence-corrected chi connectivity index (χ2v) is 5.82. The van der Waals surface area contributed by atoms with Gasteiger partial charge in [0, 0.05) is 39.3 Å². The number of nitrogens with zero attached hydrogens (tertiary/aromatic N) is 1. The Bertz CT molecular complexity index is 504. The van der Waals surface area contributed by atoms with E-state index < -0.39 is 0 Å². The third-order valence-electron chi connectivity index (χ3n) is 4.06. The Kier molecular flexibility index (Phi) is 7.07. The molecule has 1 heterocycles. The Labute approximate surface area is 138 Å². The molecule has 1 N–H and O–H groups in total. The molecular weight excluding hydrogens is 292 g/mol. The van der Waals surface area contributed by atoms with Gasteiger partial charge in [0.1, 0.15) is 0 Å². The number of carbonyl (C=O) groups is 2. The molecule has 1 saturated heterocycles. The highest BCUT2D eigenvalue weighted by molar-refractivity contribution is 5.89. The first kappa shape index (κ1) is 17.5. The van der Waals surface area contributed by atoms with Crippen molar-refractivity contribution in [2.75, 3.05) is 32.8 Å². The standard InChI is InChI=1S/C18H26N2O3/c1-2-23-12-6-11-20-14-16(13-17(20)21)18(22)19-10-9-15-7-4-3-5-8-15/h3-5,7-8,16H,2,6,9-14H2,1H3,(H,19,22)/t16-/m0/s1. The van der Waals surface area contributed by atoms with Crippen LogP contribution in [0.3, 0.4) is 0 Å². The monoisotopic (exact) mass is 318 g/mol. The van der Waals surface area contributed by atoms with Crippen molar-refractivity contribution >= 4 is 11.8 Å². The molecule has 1 aliphatic heterocycles. The van der Waals surface area contributed by atoms with Gasteiger partial charge in [0.2, 0.25) is 11.8 Å².